The second-order valence-electron chi connectivity index (χ2n) is 5.16. The van der Waals surface area contributed by atoms with Gasteiger partial charge in [-0.1, -0.05) is 60.9 Å². The van der Waals surface area contributed by atoms with Crippen molar-refractivity contribution in [2.75, 3.05) is 11.9 Å². The van der Waals surface area contributed by atoms with E-state index in [0.717, 1.165) is 15.7 Å². The lowest BCUT2D eigenvalue weighted by Crippen LogP contribution is -2.33. The van der Waals surface area contributed by atoms with Crippen LogP contribution >= 0.6 is 11.3 Å². The zero-order valence-electron chi connectivity index (χ0n) is 11.2. The highest BCUT2D eigenvalue weighted by molar-refractivity contribution is 7.18. The molecule has 0 aliphatic heterocycles. The summed E-state index contributed by atoms with van der Waals surface area (Å²) in [5, 5.41) is 10.8. The molecule has 3 nitrogen and oxygen atoms in total. The largest absolute Gasteiger partial charge is 0.347 e. The van der Waals surface area contributed by atoms with Crippen LogP contribution in [0.3, 0.4) is 0 Å². The van der Waals surface area contributed by atoms with E-state index >= 15 is 0 Å². The number of benzene rings is 1. The van der Waals surface area contributed by atoms with Crippen molar-refractivity contribution in [2.45, 2.75) is 38.1 Å². The highest BCUT2D eigenvalue weighted by Crippen LogP contribution is 2.31. The smallest absolute Gasteiger partial charge is 0.208 e. The van der Waals surface area contributed by atoms with Gasteiger partial charge in [-0.25, -0.2) is 0 Å². The molecule has 0 radical (unpaired) electrons. The van der Waals surface area contributed by atoms with Crippen LogP contribution in [0.1, 0.15) is 32.1 Å². The van der Waals surface area contributed by atoms with Crippen LogP contribution in [-0.2, 0) is 0 Å². The number of rotatable bonds is 3. The summed E-state index contributed by atoms with van der Waals surface area (Å²) in [6.07, 6.45) is 6.65. The molecule has 0 spiro atoms. The van der Waals surface area contributed by atoms with E-state index in [1.54, 1.807) is 11.3 Å². The molecule has 1 aromatic heterocycles. The van der Waals surface area contributed by atoms with E-state index in [2.05, 4.69) is 34.3 Å². The van der Waals surface area contributed by atoms with Crippen molar-refractivity contribution < 1.29 is 0 Å². The third-order valence-electron chi connectivity index (χ3n) is 3.86. The minimum atomic E-state index is 0.644. The molecule has 100 valence electrons. The Morgan fingerprint density at radius 1 is 1.05 bits per heavy atom. The first-order valence-corrected chi connectivity index (χ1v) is 7.78. The van der Waals surface area contributed by atoms with E-state index in [1.807, 2.05) is 18.2 Å². The number of aromatic nitrogens is 2. The summed E-state index contributed by atoms with van der Waals surface area (Å²) in [5.41, 5.74) is 1.16. The van der Waals surface area contributed by atoms with Crippen molar-refractivity contribution in [3.8, 4) is 10.6 Å². The number of nitrogens with zero attached hydrogens (tertiary/aromatic N) is 3. The van der Waals surface area contributed by atoms with Gasteiger partial charge < -0.3 is 4.90 Å². The van der Waals surface area contributed by atoms with Gasteiger partial charge in [-0.2, -0.15) is 0 Å². The minimum absolute atomic E-state index is 0.644. The molecule has 1 aliphatic rings. The average Bonchev–Trinajstić information content (AvgIpc) is 2.98. The van der Waals surface area contributed by atoms with E-state index in [4.69, 9.17) is 0 Å². The van der Waals surface area contributed by atoms with E-state index in [-0.39, 0.29) is 0 Å². The predicted molar refractivity (Wildman–Crippen MR) is 80.6 cm³/mol. The summed E-state index contributed by atoms with van der Waals surface area (Å²) in [7, 11) is 2.16. The molecule has 0 atom stereocenters. The van der Waals surface area contributed by atoms with Crippen molar-refractivity contribution in [1.29, 1.82) is 0 Å². The molecular weight excluding hydrogens is 254 g/mol. The van der Waals surface area contributed by atoms with E-state index in [0.29, 0.717) is 6.04 Å². The minimum Gasteiger partial charge on any atom is -0.347 e. The van der Waals surface area contributed by atoms with Crippen LogP contribution in [0.25, 0.3) is 10.6 Å². The van der Waals surface area contributed by atoms with E-state index < -0.39 is 0 Å². The molecule has 1 aliphatic carbocycles. The third kappa shape index (κ3) is 2.78. The SMILES string of the molecule is CN(c1nnc(-c2ccccc2)s1)C1CCCCC1. The van der Waals surface area contributed by atoms with E-state index in [9.17, 15) is 0 Å². The van der Waals surface area contributed by atoms with Gasteiger partial charge in [0.15, 0.2) is 0 Å². The average molecular weight is 273 g/mol. The Balaban J connectivity index is 1.77. The van der Waals surface area contributed by atoms with Crippen LogP contribution in [0.5, 0.6) is 0 Å². The van der Waals surface area contributed by atoms with Gasteiger partial charge in [0, 0.05) is 18.7 Å². The molecule has 4 heteroatoms. The van der Waals surface area contributed by atoms with Gasteiger partial charge >= 0.3 is 0 Å². The summed E-state index contributed by atoms with van der Waals surface area (Å²) in [6.45, 7) is 0. The number of hydrogen-bond donors (Lipinski definition) is 0. The Morgan fingerprint density at radius 2 is 1.79 bits per heavy atom. The van der Waals surface area contributed by atoms with Crippen LogP contribution in [0.2, 0.25) is 0 Å². The van der Waals surface area contributed by atoms with Crippen molar-refractivity contribution in [1.82, 2.24) is 10.2 Å². The summed E-state index contributed by atoms with van der Waals surface area (Å²) >= 11 is 1.69. The van der Waals surface area contributed by atoms with Crippen molar-refractivity contribution >= 4 is 16.5 Å². The highest BCUT2D eigenvalue weighted by Gasteiger charge is 2.21. The van der Waals surface area contributed by atoms with Crippen molar-refractivity contribution in [3.63, 3.8) is 0 Å². The Morgan fingerprint density at radius 3 is 2.53 bits per heavy atom. The van der Waals surface area contributed by atoms with Crippen LogP contribution in [-0.4, -0.2) is 23.3 Å². The second kappa shape index (κ2) is 5.70. The Labute approximate surface area is 118 Å². The molecular formula is C15H19N3S. The Bertz CT molecular complexity index is 517. The fourth-order valence-electron chi connectivity index (χ4n) is 2.68. The highest BCUT2D eigenvalue weighted by atomic mass is 32.1. The molecule has 1 heterocycles. The van der Waals surface area contributed by atoms with Gasteiger partial charge in [-0.05, 0) is 12.8 Å². The molecule has 0 amide bonds. The maximum Gasteiger partial charge on any atom is 0.208 e. The monoisotopic (exact) mass is 273 g/mol. The molecule has 0 bridgehead atoms. The maximum atomic E-state index is 4.36. The number of anilines is 1. The summed E-state index contributed by atoms with van der Waals surface area (Å²) in [4.78, 5) is 2.32. The third-order valence-corrected chi connectivity index (χ3v) is 4.92. The molecule has 19 heavy (non-hydrogen) atoms. The van der Waals surface area contributed by atoms with Gasteiger partial charge in [0.05, 0.1) is 0 Å². The van der Waals surface area contributed by atoms with Crippen LogP contribution < -0.4 is 4.90 Å². The fourth-order valence-corrected chi connectivity index (χ4v) is 3.56. The summed E-state index contributed by atoms with van der Waals surface area (Å²) in [5.74, 6) is 0. The van der Waals surface area contributed by atoms with Gasteiger partial charge in [0.2, 0.25) is 5.13 Å². The van der Waals surface area contributed by atoms with Crippen LogP contribution in [0.15, 0.2) is 30.3 Å². The lowest BCUT2D eigenvalue weighted by Gasteiger charge is -2.30. The molecule has 0 saturated heterocycles. The first-order chi connectivity index (χ1) is 9.34. The first kappa shape index (κ1) is 12.6. The predicted octanol–water partition coefficient (Wildman–Crippen LogP) is 3.97. The van der Waals surface area contributed by atoms with Gasteiger partial charge in [-0.3, -0.25) is 0 Å². The molecule has 2 aromatic rings. The molecule has 0 unspecified atom stereocenters. The van der Waals surface area contributed by atoms with Crippen molar-refractivity contribution in [3.05, 3.63) is 30.3 Å². The standard InChI is InChI=1S/C15H19N3S/c1-18(13-10-6-3-7-11-13)15-17-16-14(19-15)12-8-4-2-5-9-12/h2,4-5,8-9,13H,3,6-7,10-11H2,1H3. The molecule has 0 N–H and O–H groups in total. The topological polar surface area (TPSA) is 29.0 Å². The Hall–Kier alpha value is -1.42. The van der Waals surface area contributed by atoms with Gasteiger partial charge in [0.25, 0.3) is 0 Å². The fraction of sp³-hybridized carbons (Fsp3) is 0.467. The Kier molecular flexibility index (Phi) is 3.78. The van der Waals surface area contributed by atoms with Crippen LogP contribution in [0.4, 0.5) is 5.13 Å². The molecule has 3 rings (SSSR count). The van der Waals surface area contributed by atoms with Gasteiger partial charge in [-0.15, -0.1) is 10.2 Å². The summed E-state index contributed by atoms with van der Waals surface area (Å²) in [6, 6.07) is 10.9. The molecule has 1 saturated carbocycles. The maximum absolute atomic E-state index is 4.36. The van der Waals surface area contributed by atoms with Crippen LogP contribution in [0, 0.1) is 0 Å². The summed E-state index contributed by atoms with van der Waals surface area (Å²) < 4.78 is 0. The second-order valence-corrected chi connectivity index (χ2v) is 6.11. The first-order valence-electron chi connectivity index (χ1n) is 6.96. The lowest BCUT2D eigenvalue weighted by molar-refractivity contribution is 0.427. The van der Waals surface area contributed by atoms with Gasteiger partial charge in [0.1, 0.15) is 5.01 Å². The molecule has 1 fully saturated rings. The van der Waals surface area contributed by atoms with E-state index in [1.165, 1.54) is 32.1 Å². The normalized spacial score (nSPS) is 16.5. The molecule has 1 aromatic carbocycles. The van der Waals surface area contributed by atoms with Crippen molar-refractivity contribution in [2.24, 2.45) is 0 Å². The lowest BCUT2D eigenvalue weighted by atomic mass is 9.95. The zero-order valence-corrected chi connectivity index (χ0v) is 12.1. The number of hydrogen-bond acceptors (Lipinski definition) is 4. The quantitative estimate of drug-likeness (QED) is 0.847. The zero-order chi connectivity index (χ0) is 13.1.